The number of nitrogens with zero attached hydrogens (tertiary/aromatic N) is 3. The monoisotopic (exact) mass is 396 g/mol. The molecule has 28 heavy (non-hydrogen) atoms. The number of hydrogen-bond acceptors (Lipinski definition) is 5. The number of hydrogen-bond donors (Lipinski definition) is 1. The molecule has 3 rings (SSSR count). The van der Waals surface area contributed by atoms with Gasteiger partial charge >= 0.3 is 0 Å². The topological polar surface area (TPSA) is 69.0 Å². The van der Waals surface area contributed by atoms with Crippen molar-refractivity contribution in [2.24, 2.45) is 0 Å². The Kier molecular flexibility index (Phi) is 6.71. The van der Waals surface area contributed by atoms with Gasteiger partial charge in [-0.05, 0) is 48.2 Å². The van der Waals surface area contributed by atoms with Crippen molar-refractivity contribution in [1.29, 1.82) is 0 Å². The normalized spacial score (nSPS) is 10.7. The van der Waals surface area contributed by atoms with Gasteiger partial charge in [0.2, 0.25) is 5.91 Å². The van der Waals surface area contributed by atoms with Gasteiger partial charge in [-0.15, -0.1) is 10.2 Å². The SMILES string of the molecule is CCc1cccc(CC)c1NC(=O)CSc1nncn1-c1ccc(OC)cc1. The van der Waals surface area contributed by atoms with Crippen LogP contribution in [0.5, 0.6) is 5.75 Å². The number of amides is 1. The second-order valence-electron chi connectivity index (χ2n) is 6.18. The van der Waals surface area contributed by atoms with Crippen LogP contribution >= 0.6 is 11.8 Å². The predicted octanol–water partition coefficient (Wildman–Crippen LogP) is 4.13. The summed E-state index contributed by atoms with van der Waals surface area (Å²) < 4.78 is 7.05. The second kappa shape index (κ2) is 9.41. The Labute approximate surface area is 169 Å². The number of benzene rings is 2. The number of aromatic nitrogens is 3. The van der Waals surface area contributed by atoms with Gasteiger partial charge in [0, 0.05) is 11.4 Å². The number of ether oxygens (including phenoxy) is 1. The molecule has 146 valence electrons. The van der Waals surface area contributed by atoms with E-state index in [0.717, 1.165) is 41.1 Å². The van der Waals surface area contributed by atoms with E-state index in [1.165, 1.54) is 11.8 Å². The highest BCUT2D eigenvalue weighted by molar-refractivity contribution is 7.99. The van der Waals surface area contributed by atoms with Crippen molar-refractivity contribution in [2.45, 2.75) is 31.8 Å². The lowest BCUT2D eigenvalue weighted by molar-refractivity contribution is -0.113. The molecule has 0 unspecified atom stereocenters. The summed E-state index contributed by atoms with van der Waals surface area (Å²) in [5.41, 5.74) is 4.16. The van der Waals surface area contributed by atoms with Crippen molar-refractivity contribution in [3.63, 3.8) is 0 Å². The standard InChI is InChI=1S/C21H24N4O2S/c1-4-15-7-6-8-16(5-2)20(15)23-19(26)13-28-21-24-22-14-25(21)17-9-11-18(27-3)12-10-17/h6-12,14H,4-5,13H2,1-3H3,(H,23,26). The van der Waals surface area contributed by atoms with E-state index in [9.17, 15) is 4.79 Å². The molecule has 0 spiro atoms. The van der Waals surface area contributed by atoms with E-state index in [1.807, 2.05) is 34.9 Å². The molecule has 0 fully saturated rings. The Morgan fingerprint density at radius 1 is 1.11 bits per heavy atom. The molecule has 1 amide bonds. The van der Waals surface area contributed by atoms with Crippen molar-refractivity contribution < 1.29 is 9.53 Å². The quantitative estimate of drug-likeness (QED) is 0.580. The molecule has 0 bridgehead atoms. The van der Waals surface area contributed by atoms with Gasteiger partial charge in [-0.25, -0.2) is 0 Å². The third-order valence-electron chi connectivity index (χ3n) is 4.46. The second-order valence-corrected chi connectivity index (χ2v) is 7.12. The Morgan fingerprint density at radius 3 is 2.39 bits per heavy atom. The fourth-order valence-electron chi connectivity index (χ4n) is 2.95. The van der Waals surface area contributed by atoms with Crippen LogP contribution in [0.15, 0.2) is 53.9 Å². The van der Waals surface area contributed by atoms with Gasteiger partial charge in [-0.2, -0.15) is 0 Å². The van der Waals surface area contributed by atoms with Crippen molar-refractivity contribution in [3.05, 3.63) is 59.9 Å². The molecule has 0 saturated carbocycles. The molecule has 0 aliphatic rings. The number of aryl methyl sites for hydroxylation is 2. The summed E-state index contributed by atoms with van der Waals surface area (Å²) in [7, 11) is 1.63. The fraction of sp³-hybridized carbons (Fsp3) is 0.286. The van der Waals surface area contributed by atoms with Crippen molar-refractivity contribution in [2.75, 3.05) is 18.2 Å². The van der Waals surface area contributed by atoms with Gasteiger partial charge in [0.05, 0.1) is 12.9 Å². The zero-order valence-electron chi connectivity index (χ0n) is 16.3. The average molecular weight is 397 g/mol. The molecule has 0 saturated heterocycles. The average Bonchev–Trinajstić information content (AvgIpc) is 3.21. The van der Waals surface area contributed by atoms with Crippen LogP contribution in [-0.4, -0.2) is 33.5 Å². The summed E-state index contributed by atoms with van der Waals surface area (Å²) in [5, 5.41) is 11.9. The summed E-state index contributed by atoms with van der Waals surface area (Å²) in [6.07, 6.45) is 3.40. The van der Waals surface area contributed by atoms with E-state index < -0.39 is 0 Å². The van der Waals surface area contributed by atoms with Gasteiger partial charge in [-0.1, -0.05) is 43.8 Å². The number of methoxy groups -OCH3 is 1. The zero-order chi connectivity index (χ0) is 19.9. The van der Waals surface area contributed by atoms with Gasteiger partial charge in [0.1, 0.15) is 12.1 Å². The molecule has 2 aromatic carbocycles. The highest BCUT2D eigenvalue weighted by Gasteiger charge is 2.13. The number of carbonyl (C=O) groups is 1. The summed E-state index contributed by atoms with van der Waals surface area (Å²) in [6.45, 7) is 4.19. The van der Waals surface area contributed by atoms with Gasteiger partial charge in [0.15, 0.2) is 5.16 Å². The van der Waals surface area contributed by atoms with E-state index in [-0.39, 0.29) is 11.7 Å². The van der Waals surface area contributed by atoms with Crippen molar-refractivity contribution in [1.82, 2.24) is 14.8 Å². The third kappa shape index (κ3) is 4.54. The Morgan fingerprint density at radius 2 is 1.79 bits per heavy atom. The molecule has 1 N–H and O–H groups in total. The molecule has 0 atom stereocenters. The lowest BCUT2D eigenvalue weighted by Crippen LogP contribution is -2.17. The maximum Gasteiger partial charge on any atom is 0.234 e. The van der Waals surface area contributed by atoms with E-state index in [0.29, 0.717) is 5.16 Å². The van der Waals surface area contributed by atoms with E-state index in [2.05, 4.69) is 41.5 Å². The molecule has 0 aliphatic heterocycles. The summed E-state index contributed by atoms with van der Waals surface area (Å²) in [4.78, 5) is 12.6. The van der Waals surface area contributed by atoms with E-state index >= 15 is 0 Å². The minimum absolute atomic E-state index is 0.0510. The van der Waals surface area contributed by atoms with Crippen molar-refractivity contribution >= 4 is 23.4 Å². The molecule has 1 aromatic heterocycles. The smallest absolute Gasteiger partial charge is 0.234 e. The highest BCUT2D eigenvalue weighted by Crippen LogP contribution is 2.24. The molecule has 7 heteroatoms. The largest absolute Gasteiger partial charge is 0.497 e. The van der Waals surface area contributed by atoms with Crippen LogP contribution in [0.1, 0.15) is 25.0 Å². The van der Waals surface area contributed by atoms with Gasteiger partial charge in [0.25, 0.3) is 0 Å². The summed E-state index contributed by atoms with van der Waals surface area (Å²) in [6, 6.07) is 13.8. The summed E-state index contributed by atoms with van der Waals surface area (Å²) in [5.74, 6) is 0.993. The zero-order valence-corrected chi connectivity index (χ0v) is 17.1. The first-order valence-corrected chi connectivity index (χ1v) is 10.2. The van der Waals surface area contributed by atoms with Crippen LogP contribution in [0.4, 0.5) is 5.69 Å². The first-order valence-electron chi connectivity index (χ1n) is 9.24. The van der Waals surface area contributed by atoms with Crippen LogP contribution in [0.3, 0.4) is 0 Å². The molecule has 6 nitrogen and oxygen atoms in total. The first kappa shape index (κ1) is 19.9. The number of para-hydroxylation sites is 1. The summed E-state index contributed by atoms with van der Waals surface area (Å²) >= 11 is 1.36. The Balaban J connectivity index is 1.69. The maximum absolute atomic E-state index is 12.6. The molecule has 1 heterocycles. The Bertz CT molecular complexity index is 916. The van der Waals surface area contributed by atoms with E-state index in [1.54, 1.807) is 13.4 Å². The Hall–Kier alpha value is -2.80. The molecule has 3 aromatic rings. The van der Waals surface area contributed by atoms with Gasteiger partial charge < -0.3 is 10.1 Å². The number of nitrogens with one attached hydrogen (secondary N) is 1. The van der Waals surface area contributed by atoms with Crippen LogP contribution in [0.2, 0.25) is 0 Å². The number of carbonyl (C=O) groups excluding carboxylic acids is 1. The minimum atomic E-state index is -0.0510. The highest BCUT2D eigenvalue weighted by atomic mass is 32.2. The number of anilines is 1. The molecular formula is C21H24N4O2S. The van der Waals surface area contributed by atoms with E-state index in [4.69, 9.17) is 4.74 Å². The molecular weight excluding hydrogens is 372 g/mol. The lowest BCUT2D eigenvalue weighted by atomic mass is 10.0. The number of thioether (sulfide) groups is 1. The number of rotatable bonds is 8. The van der Waals surface area contributed by atoms with Gasteiger partial charge in [-0.3, -0.25) is 9.36 Å². The first-order chi connectivity index (χ1) is 13.7. The molecule has 0 aliphatic carbocycles. The van der Waals surface area contributed by atoms with Crippen LogP contribution in [0.25, 0.3) is 5.69 Å². The maximum atomic E-state index is 12.6. The predicted molar refractivity (Wildman–Crippen MR) is 112 cm³/mol. The van der Waals surface area contributed by atoms with Crippen LogP contribution in [-0.2, 0) is 17.6 Å². The minimum Gasteiger partial charge on any atom is -0.497 e. The van der Waals surface area contributed by atoms with Crippen molar-refractivity contribution in [3.8, 4) is 11.4 Å². The van der Waals surface area contributed by atoms with Crippen LogP contribution in [0, 0.1) is 0 Å². The molecule has 0 radical (unpaired) electrons. The fourth-order valence-corrected chi connectivity index (χ4v) is 3.68. The van der Waals surface area contributed by atoms with Crippen LogP contribution < -0.4 is 10.1 Å². The lowest BCUT2D eigenvalue weighted by Gasteiger charge is -2.14. The third-order valence-corrected chi connectivity index (χ3v) is 5.41.